The fourth-order valence-corrected chi connectivity index (χ4v) is 1.41. The molecule has 0 aliphatic rings. The van der Waals surface area contributed by atoms with Crippen molar-refractivity contribution in [2.45, 2.75) is 0 Å². The van der Waals surface area contributed by atoms with Crippen LogP contribution in [0.2, 0.25) is 0 Å². The van der Waals surface area contributed by atoms with Crippen LogP contribution in [0.5, 0.6) is 11.5 Å². The number of nitrogens with zero attached hydrogens (tertiary/aromatic N) is 2. The molecule has 1 heterocycles. The zero-order valence-electron chi connectivity index (χ0n) is 9.52. The highest BCUT2D eigenvalue weighted by Crippen LogP contribution is 2.31. The van der Waals surface area contributed by atoms with Gasteiger partial charge in [-0.3, -0.25) is 15.1 Å². The van der Waals surface area contributed by atoms with Crippen molar-refractivity contribution in [2.75, 3.05) is 0 Å². The zero-order chi connectivity index (χ0) is 13.8. The quantitative estimate of drug-likeness (QED) is 0.669. The Labute approximate surface area is 107 Å². The van der Waals surface area contributed by atoms with Gasteiger partial charge in [0, 0.05) is 12.3 Å². The van der Waals surface area contributed by atoms with Gasteiger partial charge in [-0.15, -0.1) is 0 Å². The Morgan fingerprint density at radius 2 is 2.16 bits per heavy atom. The molecule has 0 atom stereocenters. The molecular weight excluding hydrogens is 252 g/mol. The second-order valence-corrected chi connectivity index (χ2v) is 3.54. The van der Waals surface area contributed by atoms with Crippen LogP contribution in [0.3, 0.4) is 0 Å². The number of carbonyl (C=O) groups is 1. The van der Waals surface area contributed by atoms with Crippen LogP contribution in [-0.4, -0.2) is 21.0 Å². The van der Waals surface area contributed by atoms with Crippen molar-refractivity contribution in [1.29, 1.82) is 0 Å². The average Bonchev–Trinajstić information content (AvgIpc) is 2.39. The molecule has 7 heteroatoms. The molecule has 0 amide bonds. The minimum atomic E-state index is -1.24. The summed E-state index contributed by atoms with van der Waals surface area (Å²) in [6.45, 7) is 0. The van der Waals surface area contributed by atoms with Crippen LogP contribution in [0.4, 0.5) is 5.69 Å². The SMILES string of the molecule is O=C(O)c1ccc(Oc2cccnc2)c([N+](=O)[O-])c1. The molecule has 1 aromatic carbocycles. The molecular formula is C12H8N2O5. The van der Waals surface area contributed by atoms with Gasteiger partial charge in [0.2, 0.25) is 5.75 Å². The number of benzene rings is 1. The number of nitro benzene ring substituents is 1. The largest absolute Gasteiger partial charge is 0.478 e. The van der Waals surface area contributed by atoms with E-state index in [2.05, 4.69) is 4.98 Å². The van der Waals surface area contributed by atoms with Crippen LogP contribution in [-0.2, 0) is 0 Å². The lowest BCUT2D eigenvalue weighted by Gasteiger charge is -2.06. The molecule has 19 heavy (non-hydrogen) atoms. The van der Waals surface area contributed by atoms with E-state index in [1.54, 1.807) is 12.1 Å². The molecule has 0 aliphatic carbocycles. The highest BCUT2D eigenvalue weighted by atomic mass is 16.6. The number of hydrogen-bond donors (Lipinski definition) is 1. The molecule has 0 fully saturated rings. The average molecular weight is 260 g/mol. The Balaban J connectivity index is 2.40. The number of aromatic carboxylic acids is 1. The fraction of sp³-hybridized carbons (Fsp3) is 0. The van der Waals surface area contributed by atoms with E-state index >= 15 is 0 Å². The van der Waals surface area contributed by atoms with Crippen molar-refractivity contribution in [1.82, 2.24) is 4.98 Å². The van der Waals surface area contributed by atoms with E-state index in [9.17, 15) is 14.9 Å². The second-order valence-electron chi connectivity index (χ2n) is 3.54. The van der Waals surface area contributed by atoms with Crippen molar-refractivity contribution < 1.29 is 19.6 Å². The third-order valence-corrected chi connectivity index (χ3v) is 2.26. The Hall–Kier alpha value is -2.96. The van der Waals surface area contributed by atoms with Gasteiger partial charge in [-0.25, -0.2) is 4.79 Å². The third-order valence-electron chi connectivity index (χ3n) is 2.26. The Kier molecular flexibility index (Phi) is 3.37. The number of nitro groups is 1. The van der Waals surface area contributed by atoms with E-state index in [0.717, 1.165) is 6.07 Å². The first-order chi connectivity index (χ1) is 9.08. The summed E-state index contributed by atoms with van der Waals surface area (Å²) in [6.07, 6.45) is 2.93. The highest BCUT2D eigenvalue weighted by Gasteiger charge is 2.19. The lowest BCUT2D eigenvalue weighted by atomic mass is 10.2. The summed E-state index contributed by atoms with van der Waals surface area (Å²) in [5.41, 5.74) is -0.589. The van der Waals surface area contributed by atoms with E-state index in [-0.39, 0.29) is 11.3 Å². The highest BCUT2D eigenvalue weighted by molar-refractivity contribution is 5.88. The Morgan fingerprint density at radius 3 is 2.74 bits per heavy atom. The summed E-state index contributed by atoms with van der Waals surface area (Å²) in [6, 6.07) is 6.64. The van der Waals surface area contributed by atoms with Gasteiger partial charge in [-0.1, -0.05) is 0 Å². The summed E-state index contributed by atoms with van der Waals surface area (Å²) >= 11 is 0. The monoisotopic (exact) mass is 260 g/mol. The first-order valence-electron chi connectivity index (χ1n) is 5.17. The number of ether oxygens (including phenoxy) is 1. The number of pyridine rings is 1. The molecule has 0 radical (unpaired) electrons. The maximum Gasteiger partial charge on any atom is 0.335 e. The van der Waals surface area contributed by atoms with Gasteiger partial charge in [0.15, 0.2) is 0 Å². The molecule has 0 bridgehead atoms. The maximum atomic E-state index is 10.9. The number of aromatic nitrogens is 1. The molecule has 0 aliphatic heterocycles. The first-order valence-corrected chi connectivity index (χ1v) is 5.17. The molecule has 1 N–H and O–H groups in total. The van der Waals surface area contributed by atoms with Gasteiger partial charge in [-0.05, 0) is 24.3 Å². The summed E-state index contributed by atoms with van der Waals surface area (Å²) in [5.74, 6) is -0.951. The first kappa shape index (κ1) is 12.5. The molecule has 7 nitrogen and oxygen atoms in total. The lowest BCUT2D eigenvalue weighted by molar-refractivity contribution is -0.385. The Bertz CT molecular complexity index is 627. The van der Waals surface area contributed by atoms with Crippen molar-refractivity contribution in [3.8, 4) is 11.5 Å². The van der Waals surface area contributed by atoms with Gasteiger partial charge in [0.25, 0.3) is 0 Å². The van der Waals surface area contributed by atoms with Gasteiger partial charge >= 0.3 is 11.7 Å². The summed E-state index contributed by atoms with van der Waals surface area (Å²) in [4.78, 5) is 24.8. The Morgan fingerprint density at radius 1 is 1.37 bits per heavy atom. The number of carboxylic acid groups (broad SMARTS) is 1. The molecule has 2 rings (SSSR count). The molecule has 2 aromatic rings. The van der Waals surface area contributed by atoms with Crippen LogP contribution in [0.15, 0.2) is 42.7 Å². The molecule has 0 saturated heterocycles. The van der Waals surface area contributed by atoms with Crippen LogP contribution in [0, 0.1) is 10.1 Å². The van der Waals surface area contributed by atoms with Gasteiger partial charge in [-0.2, -0.15) is 0 Å². The molecule has 1 aromatic heterocycles. The van der Waals surface area contributed by atoms with E-state index in [4.69, 9.17) is 9.84 Å². The van der Waals surface area contributed by atoms with Crippen LogP contribution >= 0.6 is 0 Å². The van der Waals surface area contributed by atoms with Gasteiger partial charge in [0.05, 0.1) is 16.7 Å². The van der Waals surface area contributed by atoms with Gasteiger partial charge < -0.3 is 9.84 Å². The summed E-state index contributed by atoms with van der Waals surface area (Å²) in [7, 11) is 0. The van der Waals surface area contributed by atoms with E-state index in [1.807, 2.05) is 0 Å². The van der Waals surface area contributed by atoms with Gasteiger partial charge in [0.1, 0.15) is 5.75 Å². The predicted molar refractivity (Wildman–Crippen MR) is 64.4 cm³/mol. The molecule has 0 saturated carbocycles. The van der Waals surface area contributed by atoms with Crippen LogP contribution in [0.1, 0.15) is 10.4 Å². The number of rotatable bonds is 4. The molecule has 0 unspecified atom stereocenters. The topological polar surface area (TPSA) is 103 Å². The number of hydrogen-bond acceptors (Lipinski definition) is 5. The zero-order valence-corrected chi connectivity index (χ0v) is 9.52. The summed E-state index contributed by atoms with van der Waals surface area (Å²) in [5, 5.41) is 19.7. The van der Waals surface area contributed by atoms with E-state index in [1.165, 1.54) is 24.5 Å². The fourth-order valence-electron chi connectivity index (χ4n) is 1.41. The minimum Gasteiger partial charge on any atom is -0.478 e. The standard InChI is InChI=1S/C12H8N2O5/c15-12(16)8-3-4-11(10(6-8)14(17)18)19-9-2-1-5-13-7-9/h1-7H,(H,15,16). The summed E-state index contributed by atoms with van der Waals surface area (Å²) < 4.78 is 5.31. The smallest absolute Gasteiger partial charge is 0.335 e. The predicted octanol–water partition coefficient (Wildman–Crippen LogP) is 2.48. The number of carboxylic acids is 1. The van der Waals surface area contributed by atoms with Crippen molar-refractivity contribution in [3.63, 3.8) is 0 Å². The normalized spacial score (nSPS) is 9.89. The van der Waals surface area contributed by atoms with Crippen molar-refractivity contribution in [3.05, 3.63) is 58.4 Å². The van der Waals surface area contributed by atoms with Crippen LogP contribution < -0.4 is 4.74 Å². The van der Waals surface area contributed by atoms with Crippen LogP contribution in [0.25, 0.3) is 0 Å². The second kappa shape index (κ2) is 5.13. The van der Waals surface area contributed by atoms with Crippen molar-refractivity contribution >= 4 is 11.7 Å². The van der Waals surface area contributed by atoms with E-state index < -0.39 is 16.6 Å². The van der Waals surface area contributed by atoms with Crippen molar-refractivity contribution in [2.24, 2.45) is 0 Å². The lowest BCUT2D eigenvalue weighted by Crippen LogP contribution is -2.00. The molecule has 0 spiro atoms. The third kappa shape index (κ3) is 2.83. The van der Waals surface area contributed by atoms with E-state index in [0.29, 0.717) is 5.75 Å². The molecule has 96 valence electrons. The minimum absolute atomic E-state index is 0.0389. The maximum absolute atomic E-state index is 10.9.